The molecule has 0 fully saturated rings. The quantitative estimate of drug-likeness (QED) is 0.347. The van der Waals surface area contributed by atoms with E-state index in [2.05, 4.69) is 25.3 Å². The van der Waals surface area contributed by atoms with Gasteiger partial charge in [0.25, 0.3) is 0 Å². The number of nitrogen functional groups attached to an aromatic ring is 1. The molecule has 3 aromatic heterocycles. The predicted molar refractivity (Wildman–Crippen MR) is 104 cm³/mol. The minimum absolute atomic E-state index is 0.164. The highest BCUT2D eigenvalue weighted by Crippen LogP contribution is 2.25. The maximum Gasteiger partial charge on any atom is 0.141 e. The molecule has 0 aliphatic rings. The molecule has 27 heavy (non-hydrogen) atoms. The van der Waals surface area contributed by atoms with Crippen LogP contribution < -0.4 is 11.1 Å². The number of nitrogens with one attached hydrogen (secondary N) is 3. The monoisotopic (exact) mass is 359 g/mol. The second-order valence-electron chi connectivity index (χ2n) is 6.03. The molecule has 6 N–H and O–H groups in total. The van der Waals surface area contributed by atoms with Crippen LogP contribution >= 0.6 is 0 Å². The molecule has 0 radical (unpaired) electrons. The fraction of sp³-hybridized carbons (Fsp3) is 0.0526. The van der Waals surface area contributed by atoms with Crippen molar-refractivity contribution in [2.75, 3.05) is 11.1 Å². The van der Waals surface area contributed by atoms with E-state index in [1.165, 1.54) is 6.33 Å². The van der Waals surface area contributed by atoms with Gasteiger partial charge < -0.3 is 21.1 Å². The Morgan fingerprint density at radius 2 is 2.11 bits per heavy atom. The van der Waals surface area contributed by atoms with Gasteiger partial charge in [0.2, 0.25) is 0 Å². The molecular formula is C19H17N7O. The summed E-state index contributed by atoms with van der Waals surface area (Å²) in [5, 5.41) is 22.3. The number of phenolic OH excluding ortho intramolecular Hbond substituents is 1. The Kier molecular flexibility index (Phi) is 4.13. The zero-order valence-corrected chi connectivity index (χ0v) is 14.3. The summed E-state index contributed by atoms with van der Waals surface area (Å²) in [5.41, 5.74) is 8.98. The van der Waals surface area contributed by atoms with E-state index < -0.39 is 0 Å². The van der Waals surface area contributed by atoms with Gasteiger partial charge in [0, 0.05) is 29.8 Å². The number of pyridine rings is 1. The van der Waals surface area contributed by atoms with Gasteiger partial charge >= 0.3 is 0 Å². The van der Waals surface area contributed by atoms with E-state index >= 15 is 0 Å². The Morgan fingerprint density at radius 1 is 1.22 bits per heavy atom. The van der Waals surface area contributed by atoms with Crippen molar-refractivity contribution in [3.63, 3.8) is 0 Å². The molecule has 0 saturated heterocycles. The summed E-state index contributed by atoms with van der Waals surface area (Å²) in [6, 6.07) is 10.6. The van der Waals surface area contributed by atoms with Crippen LogP contribution in [0.2, 0.25) is 0 Å². The number of H-pyrrole nitrogens is 1. The van der Waals surface area contributed by atoms with Gasteiger partial charge in [-0.2, -0.15) is 0 Å². The second-order valence-corrected chi connectivity index (χ2v) is 6.03. The summed E-state index contributed by atoms with van der Waals surface area (Å²) in [5.74, 6) is 0.851. The average Bonchev–Trinajstić information content (AvgIpc) is 3.10. The summed E-state index contributed by atoms with van der Waals surface area (Å²) in [6.07, 6.45) is 4.83. The van der Waals surface area contributed by atoms with E-state index in [4.69, 9.17) is 11.1 Å². The topological polar surface area (TPSA) is 137 Å². The zero-order chi connectivity index (χ0) is 18.8. The third kappa shape index (κ3) is 3.28. The minimum Gasteiger partial charge on any atom is -0.508 e. The molecule has 1 aromatic carbocycles. The molecule has 8 nitrogen and oxygen atoms in total. The predicted octanol–water partition coefficient (Wildman–Crippen LogP) is 2.67. The van der Waals surface area contributed by atoms with Crippen LogP contribution in [0.25, 0.3) is 10.9 Å². The minimum atomic E-state index is 0.164. The number of rotatable bonds is 5. The van der Waals surface area contributed by atoms with Crippen molar-refractivity contribution < 1.29 is 5.11 Å². The number of nitrogens with two attached hydrogens (primary N) is 1. The van der Waals surface area contributed by atoms with E-state index in [0.717, 1.165) is 16.5 Å². The van der Waals surface area contributed by atoms with E-state index in [1.54, 1.807) is 36.7 Å². The highest BCUT2D eigenvalue weighted by molar-refractivity contribution is 6.16. The molecule has 3 heterocycles. The van der Waals surface area contributed by atoms with Gasteiger partial charge in [-0.15, -0.1) is 0 Å². The van der Waals surface area contributed by atoms with Gasteiger partial charge in [0.15, 0.2) is 0 Å². The van der Waals surface area contributed by atoms with Gasteiger partial charge in [-0.1, -0.05) is 6.07 Å². The Bertz CT molecular complexity index is 1120. The van der Waals surface area contributed by atoms with Crippen molar-refractivity contribution in [2.24, 2.45) is 0 Å². The van der Waals surface area contributed by atoms with Gasteiger partial charge in [0.05, 0.1) is 17.0 Å². The van der Waals surface area contributed by atoms with Crippen molar-refractivity contribution in [1.29, 1.82) is 5.41 Å². The summed E-state index contributed by atoms with van der Waals surface area (Å²) >= 11 is 0. The smallest absolute Gasteiger partial charge is 0.141 e. The first kappa shape index (κ1) is 16.5. The van der Waals surface area contributed by atoms with Crippen LogP contribution in [0.1, 0.15) is 16.8 Å². The van der Waals surface area contributed by atoms with Gasteiger partial charge in [-0.3, -0.25) is 10.4 Å². The molecule has 4 rings (SSSR count). The molecule has 134 valence electrons. The van der Waals surface area contributed by atoms with E-state index in [1.807, 2.05) is 12.1 Å². The molecule has 0 atom stereocenters. The van der Waals surface area contributed by atoms with Gasteiger partial charge in [-0.25, -0.2) is 9.97 Å². The number of benzene rings is 1. The molecule has 0 aliphatic heterocycles. The lowest BCUT2D eigenvalue weighted by Crippen LogP contribution is -2.14. The fourth-order valence-corrected chi connectivity index (χ4v) is 2.86. The SMILES string of the molecule is N=C(c1cc2cc(O)ccc2[nH]1)c1c(N)ncnc1NCc1cccnc1. The lowest BCUT2D eigenvalue weighted by atomic mass is 10.1. The first-order valence-corrected chi connectivity index (χ1v) is 8.26. The van der Waals surface area contributed by atoms with Gasteiger partial charge in [-0.05, 0) is 35.9 Å². The van der Waals surface area contributed by atoms with Crippen LogP contribution in [0.5, 0.6) is 5.75 Å². The summed E-state index contributed by atoms with van der Waals surface area (Å²) < 4.78 is 0. The van der Waals surface area contributed by atoms with Crippen molar-refractivity contribution in [3.05, 3.63) is 71.9 Å². The Morgan fingerprint density at radius 3 is 2.93 bits per heavy atom. The Labute approximate surface area is 154 Å². The molecule has 0 aliphatic carbocycles. The highest BCUT2D eigenvalue weighted by atomic mass is 16.3. The van der Waals surface area contributed by atoms with Crippen molar-refractivity contribution in [1.82, 2.24) is 19.9 Å². The lowest BCUT2D eigenvalue weighted by molar-refractivity contribution is 0.476. The van der Waals surface area contributed by atoms with Crippen LogP contribution in [0, 0.1) is 5.41 Å². The standard InChI is InChI=1S/C19H17N7O/c20-17(15-7-12-6-13(27)3-4-14(12)26-15)16-18(21)24-10-25-19(16)23-9-11-2-1-5-22-8-11/h1-8,10,20,26-27H,9H2,(H3,21,23,24,25). The van der Waals surface area contributed by atoms with Crippen LogP contribution in [0.4, 0.5) is 11.6 Å². The largest absolute Gasteiger partial charge is 0.508 e. The Hall–Kier alpha value is -3.94. The number of fused-ring (bicyclic) bond motifs is 1. The molecule has 8 heteroatoms. The van der Waals surface area contributed by atoms with Gasteiger partial charge in [0.1, 0.15) is 23.7 Å². The first-order chi connectivity index (χ1) is 13.1. The molecule has 4 aromatic rings. The zero-order valence-electron chi connectivity index (χ0n) is 14.3. The van der Waals surface area contributed by atoms with Crippen molar-refractivity contribution >= 4 is 28.3 Å². The number of hydrogen-bond donors (Lipinski definition) is 5. The maximum absolute atomic E-state index is 9.64. The highest BCUT2D eigenvalue weighted by Gasteiger charge is 2.18. The molecule has 0 spiro atoms. The maximum atomic E-state index is 9.64. The normalized spacial score (nSPS) is 10.8. The fourth-order valence-electron chi connectivity index (χ4n) is 2.86. The van der Waals surface area contributed by atoms with E-state index in [0.29, 0.717) is 23.6 Å². The van der Waals surface area contributed by atoms with E-state index in [-0.39, 0.29) is 17.3 Å². The number of hydrogen-bond acceptors (Lipinski definition) is 7. The molecule has 0 saturated carbocycles. The second kappa shape index (κ2) is 6.75. The summed E-state index contributed by atoms with van der Waals surface area (Å²) in [4.78, 5) is 15.5. The number of nitrogens with zero attached hydrogens (tertiary/aromatic N) is 3. The van der Waals surface area contributed by atoms with Crippen molar-refractivity contribution in [3.8, 4) is 5.75 Å². The molecule has 0 bridgehead atoms. The summed E-state index contributed by atoms with van der Waals surface area (Å²) in [6.45, 7) is 0.491. The number of aromatic hydroxyl groups is 1. The lowest BCUT2D eigenvalue weighted by Gasteiger charge is -2.12. The average molecular weight is 359 g/mol. The first-order valence-electron chi connectivity index (χ1n) is 8.26. The molecule has 0 amide bonds. The Balaban J connectivity index is 1.68. The van der Waals surface area contributed by atoms with Crippen LogP contribution in [-0.2, 0) is 6.54 Å². The number of phenols is 1. The third-order valence-corrected chi connectivity index (χ3v) is 4.18. The number of aromatic amines is 1. The third-order valence-electron chi connectivity index (χ3n) is 4.18. The number of anilines is 2. The van der Waals surface area contributed by atoms with Crippen LogP contribution in [0.3, 0.4) is 0 Å². The van der Waals surface area contributed by atoms with E-state index in [9.17, 15) is 5.11 Å². The molecular weight excluding hydrogens is 342 g/mol. The van der Waals surface area contributed by atoms with Crippen LogP contribution in [0.15, 0.2) is 55.1 Å². The summed E-state index contributed by atoms with van der Waals surface area (Å²) in [7, 11) is 0. The van der Waals surface area contributed by atoms with Crippen LogP contribution in [-0.4, -0.2) is 30.8 Å². The van der Waals surface area contributed by atoms with Crippen molar-refractivity contribution in [2.45, 2.75) is 6.54 Å². The number of aromatic nitrogens is 4. The molecule has 0 unspecified atom stereocenters.